The third-order valence-corrected chi connectivity index (χ3v) is 6.48. The van der Waals surface area contributed by atoms with Gasteiger partial charge < -0.3 is 20.3 Å². The number of methoxy groups -OCH3 is 1. The highest BCUT2D eigenvalue weighted by Crippen LogP contribution is 2.29. The molecular formula is C20H35NO4S. The van der Waals surface area contributed by atoms with E-state index in [1.54, 1.807) is 20.1 Å². The van der Waals surface area contributed by atoms with Crippen molar-refractivity contribution in [3.63, 3.8) is 0 Å². The van der Waals surface area contributed by atoms with E-state index >= 15 is 0 Å². The van der Waals surface area contributed by atoms with Crippen LogP contribution in [0.1, 0.15) is 47.0 Å². The molecule has 3 N–H and O–H groups in total. The highest BCUT2D eigenvalue weighted by molar-refractivity contribution is 8.00. The third kappa shape index (κ3) is 7.43. The molecule has 1 heterocycles. The molecule has 5 nitrogen and oxygen atoms in total. The number of esters is 1. The molecule has 1 aliphatic heterocycles. The highest BCUT2D eigenvalue weighted by atomic mass is 32.2. The van der Waals surface area contributed by atoms with Crippen LogP contribution in [0.5, 0.6) is 0 Å². The zero-order valence-corrected chi connectivity index (χ0v) is 17.6. The lowest BCUT2D eigenvalue weighted by atomic mass is 9.95. The van der Waals surface area contributed by atoms with Gasteiger partial charge in [0.15, 0.2) is 0 Å². The summed E-state index contributed by atoms with van der Waals surface area (Å²) in [7, 11) is 1.66. The van der Waals surface area contributed by atoms with E-state index in [2.05, 4.69) is 13.0 Å². The summed E-state index contributed by atoms with van der Waals surface area (Å²) in [6.07, 6.45) is 7.39. The van der Waals surface area contributed by atoms with Crippen LogP contribution in [0.3, 0.4) is 0 Å². The van der Waals surface area contributed by atoms with Crippen molar-refractivity contribution in [1.29, 1.82) is 0 Å². The quantitative estimate of drug-likeness (QED) is 0.572. The van der Waals surface area contributed by atoms with Crippen molar-refractivity contribution in [1.82, 2.24) is 0 Å². The van der Waals surface area contributed by atoms with Crippen molar-refractivity contribution >= 4 is 17.7 Å². The maximum atomic E-state index is 12.4. The van der Waals surface area contributed by atoms with E-state index in [1.165, 1.54) is 11.8 Å². The normalized spacial score (nSPS) is 38.0. The Kier molecular flexibility index (Phi) is 9.93. The fourth-order valence-corrected chi connectivity index (χ4v) is 3.99. The number of rotatable bonds is 4. The molecule has 0 aromatic rings. The van der Waals surface area contributed by atoms with Crippen LogP contribution in [-0.4, -0.2) is 53.5 Å². The topological polar surface area (TPSA) is 81.8 Å². The second kappa shape index (κ2) is 11.1. The van der Waals surface area contributed by atoms with Crippen molar-refractivity contribution in [3.05, 3.63) is 23.8 Å². The van der Waals surface area contributed by atoms with Gasteiger partial charge in [-0.15, -0.1) is 0 Å². The molecular weight excluding hydrogens is 350 g/mol. The minimum Gasteiger partial charge on any atom is -0.462 e. The van der Waals surface area contributed by atoms with E-state index in [4.69, 9.17) is 15.2 Å². The Morgan fingerprint density at radius 1 is 1.46 bits per heavy atom. The van der Waals surface area contributed by atoms with Crippen LogP contribution in [0.25, 0.3) is 0 Å². The third-order valence-electron chi connectivity index (χ3n) is 4.96. The molecule has 6 heteroatoms. The molecule has 0 saturated heterocycles. The fourth-order valence-electron chi connectivity index (χ4n) is 2.90. The Bertz CT molecular complexity index is 504. The van der Waals surface area contributed by atoms with E-state index in [1.807, 2.05) is 19.9 Å². The van der Waals surface area contributed by atoms with Gasteiger partial charge in [0.25, 0.3) is 0 Å². The molecule has 0 bridgehead atoms. The molecule has 0 saturated carbocycles. The maximum absolute atomic E-state index is 12.4. The number of nitrogens with two attached hydrogens (primary N) is 1. The molecule has 0 radical (unpaired) electrons. The molecule has 0 fully saturated rings. The van der Waals surface area contributed by atoms with Gasteiger partial charge in [-0.05, 0) is 45.1 Å². The minimum absolute atomic E-state index is 0.144. The molecule has 0 aromatic heterocycles. The number of thioether (sulfide) groups is 1. The Morgan fingerprint density at radius 3 is 2.77 bits per heavy atom. The minimum atomic E-state index is -1.17. The van der Waals surface area contributed by atoms with Crippen LogP contribution >= 0.6 is 11.8 Å². The van der Waals surface area contributed by atoms with Crippen molar-refractivity contribution in [3.8, 4) is 0 Å². The number of hydrogen-bond acceptors (Lipinski definition) is 6. The molecule has 0 aliphatic carbocycles. The van der Waals surface area contributed by atoms with Gasteiger partial charge in [-0.1, -0.05) is 25.2 Å². The van der Waals surface area contributed by atoms with Crippen LogP contribution in [0, 0.1) is 5.92 Å². The van der Waals surface area contributed by atoms with Crippen LogP contribution in [-0.2, 0) is 14.3 Å². The first-order chi connectivity index (χ1) is 12.2. The Morgan fingerprint density at radius 2 is 2.15 bits per heavy atom. The van der Waals surface area contributed by atoms with Crippen molar-refractivity contribution < 1.29 is 19.4 Å². The molecule has 1 rings (SSSR count). The number of ether oxygens (including phenoxy) is 2. The van der Waals surface area contributed by atoms with Gasteiger partial charge in [0.2, 0.25) is 0 Å². The number of hydrogen-bond donors (Lipinski definition) is 2. The molecule has 1 aliphatic rings. The zero-order chi connectivity index (χ0) is 19.7. The molecule has 0 amide bonds. The number of cyclic esters (lactones) is 1. The second-order valence-electron chi connectivity index (χ2n) is 7.29. The lowest BCUT2D eigenvalue weighted by Crippen LogP contribution is -2.38. The Balaban J connectivity index is 3.13. The summed E-state index contributed by atoms with van der Waals surface area (Å²) in [5.74, 6) is 0.651. The van der Waals surface area contributed by atoms with E-state index < -0.39 is 5.60 Å². The Labute approximate surface area is 162 Å². The lowest BCUT2D eigenvalue weighted by Gasteiger charge is -2.31. The standard InChI is InChI=1S/C20H35NO4S/c1-14-7-6-8-15(2)17(24-5)9-10-20(4,23)18(26-12-11-21)13-19(22)25-16(14)3/h8-10,14,16-18,23H,6-7,11-13,21H2,1-5H3/b10-9+,15-8+/t14-,16+,17-,18?,20+/m0/s1. The number of aliphatic hydroxyl groups is 1. The SMILES string of the molecule is CO[C@H]1/C=C/[C@@](C)(O)C(SCCN)CC(=O)O[C@H](C)[C@@H](C)CC/C=C/1C. The van der Waals surface area contributed by atoms with Gasteiger partial charge >= 0.3 is 5.97 Å². The molecule has 5 atom stereocenters. The van der Waals surface area contributed by atoms with Gasteiger partial charge in [0, 0.05) is 24.7 Å². The maximum Gasteiger partial charge on any atom is 0.307 e. The van der Waals surface area contributed by atoms with Crippen molar-refractivity contribution in [2.24, 2.45) is 11.7 Å². The van der Waals surface area contributed by atoms with Crippen LogP contribution in [0.15, 0.2) is 23.8 Å². The summed E-state index contributed by atoms with van der Waals surface area (Å²) in [6, 6.07) is 0. The van der Waals surface area contributed by atoms with Crippen LogP contribution in [0.4, 0.5) is 0 Å². The lowest BCUT2D eigenvalue weighted by molar-refractivity contribution is -0.151. The number of carbonyl (C=O) groups excluding carboxylic acids is 1. The van der Waals surface area contributed by atoms with E-state index in [-0.39, 0.29) is 35.8 Å². The average Bonchev–Trinajstić information content (AvgIpc) is 2.57. The highest BCUT2D eigenvalue weighted by Gasteiger charge is 2.33. The molecule has 150 valence electrons. The van der Waals surface area contributed by atoms with Crippen molar-refractivity contribution in [2.45, 2.75) is 70.0 Å². The van der Waals surface area contributed by atoms with Crippen LogP contribution < -0.4 is 5.73 Å². The molecule has 26 heavy (non-hydrogen) atoms. The summed E-state index contributed by atoms with van der Waals surface area (Å²) in [5.41, 5.74) is 5.56. The van der Waals surface area contributed by atoms with Gasteiger partial charge in [0.05, 0.1) is 18.1 Å². The van der Waals surface area contributed by atoms with E-state index in [9.17, 15) is 9.90 Å². The smallest absolute Gasteiger partial charge is 0.307 e. The van der Waals surface area contributed by atoms with Crippen LogP contribution in [0.2, 0.25) is 0 Å². The summed E-state index contributed by atoms with van der Waals surface area (Å²) in [5, 5.41) is 10.6. The average molecular weight is 386 g/mol. The zero-order valence-electron chi connectivity index (χ0n) is 16.7. The summed E-state index contributed by atoms with van der Waals surface area (Å²) in [6.45, 7) is 8.27. The molecule has 0 spiro atoms. The second-order valence-corrected chi connectivity index (χ2v) is 8.60. The first-order valence-electron chi connectivity index (χ1n) is 9.33. The van der Waals surface area contributed by atoms with Gasteiger partial charge in [0.1, 0.15) is 6.10 Å². The number of carbonyl (C=O) groups is 1. The summed E-state index contributed by atoms with van der Waals surface area (Å²) >= 11 is 1.50. The van der Waals surface area contributed by atoms with Crippen molar-refractivity contribution in [2.75, 3.05) is 19.4 Å². The van der Waals surface area contributed by atoms with E-state index in [0.29, 0.717) is 12.3 Å². The van der Waals surface area contributed by atoms with E-state index in [0.717, 1.165) is 18.4 Å². The molecule has 1 unspecified atom stereocenters. The predicted octanol–water partition coefficient (Wildman–Crippen LogP) is 3.07. The van der Waals surface area contributed by atoms with Gasteiger partial charge in [-0.2, -0.15) is 11.8 Å². The first-order valence-corrected chi connectivity index (χ1v) is 10.4. The Hall–Kier alpha value is -0.820. The molecule has 0 aromatic carbocycles. The largest absolute Gasteiger partial charge is 0.462 e. The fraction of sp³-hybridized carbons (Fsp3) is 0.750. The summed E-state index contributed by atoms with van der Waals surface area (Å²) in [4.78, 5) is 12.4. The summed E-state index contributed by atoms with van der Waals surface area (Å²) < 4.78 is 11.2. The first kappa shape index (κ1) is 23.2. The van der Waals surface area contributed by atoms with Gasteiger partial charge in [-0.25, -0.2) is 0 Å². The number of allylic oxidation sites excluding steroid dienone is 1. The predicted molar refractivity (Wildman–Crippen MR) is 108 cm³/mol. The van der Waals surface area contributed by atoms with Gasteiger partial charge in [-0.3, -0.25) is 4.79 Å². The monoisotopic (exact) mass is 385 g/mol.